The third-order valence-electron chi connectivity index (χ3n) is 2.63. The number of aryl methyl sites for hydroxylation is 2. The summed E-state index contributed by atoms with van der Waals surface area (Å²) in [5, 5.41) is 4.75. The minimum absolute atomic E-state index is 0.0625. The number of pyridine rings is 1. The number of rotatable bonds is 4. The Labute approximate surface area is 105 Å². The Morgan fingerprint density at radius 3 is 2.82 bits per heavy atom. The molecule has 2 rings (SSSR count). The van der Waals surface area contributed by atoms with Crippen molar-refractivity contribution in [3.05, 3.63) is 47.0 Å². The van der Waals surface area contributed by atoms with Crippen LogP contribution >= 0.6 is 11.6 Å². The van der Waals surface area contributed by atoms with Gasteiger partial charge in [-0.25, -0.2) is 0 Å². The number of nitrogens with zero attached hydrogens (tertiary/aromatic N) is 3. The van der Waals surface area contributed by atoms with Crippen LogP contribution in [-0.2, 0) is 13.5 Å². The fourth-order valence-electron chi connectivity index (χ4n) is 1.68. The maximum absolute atomic E-state index is 6.07. The van der Waals surface area contributed by atoms with E-state index in [4.69, 9.17) is 17.3 Å². The van der Waals surface area contributed by atoms with E-state index in [9.17, 15) is 0 Å². The molecule has 1 atom stereocenters. The van der Waals surface area contributed by atoms with Crippen LogP contribution in [0.4, 0.5) is 0 Å². The standard InChI is InChI=1S/C12H15ClN4/c1-17-8-9(6-16-17)2-4-11(14)12-5-3-10(13)7-15-12/h3,5-8,11H,2,4,14H2,1H3. The topological polar surface area (TPSA) is 56.7 Å². The van der Waals surface area contributed by atoms with Gasteiger partial charge in [0, 0.05) is 25.5 Å². The van der Waals surface area contributed by atoms with Crippen LogP contribution in [0.15, 0.2) is 30.7 Å². The molecule has 0 saturated heterocycles. The van der Waals surface area contributed by atoms with Gasteiger partial charge in [-0.05, 0) is 30.5 Å². The molecule has 0 spiro atoms. The first-order valence-electron chi connectivity index (χ1n) is 5.49. The number of halogens is 1. The molecule has 0 aromatic carbocycles. The zero-order chi connectivity index (χ0) is 12.3. The summed E-state index contributed by atoms with van der Waals surface area (Å²) in [6.45, 7) is 0. The highest BCUT2D eigenvalue weighted by atomic mass is 35.5. The molecule has 2 heterocycles. The van der Waals surface area contributed by atoms with Gasteiger partial charge in [-0.3, -0.25) is 9.67 Å². The maximum Gasteiger partial charge on any atom is 0.0589 e. The van der Waals surface area contributed by atoms with Crippen molar-refractivity contribution in [3.63, 3.8) is 0 Å². The summed E-state index contributed by atoms with van der Waals surface area (Å²) in [4.78, 5) is 4.22. The molecule has 17 heavy (non-hydrogen) atoms. The minimum Gasteiger partial charge on any atom is -0.323 e. The summed E-state index contributed by atoms with van der Waals surface area (Å²) < 4.78 is 1.79. The van der Waals surface area contributed by atoms with Crippen molar-refractivity contribution >= 4 is 11.6 Å². The Morgan fingerprint density at radius 2 is 2.24 bits per heavy atom. The number of hydrogen-bond acceptors (Lipinski definition) is 3. The lowest BCUT2D eigenvalue weighted by atomic mass is 10.1. The van der Waals surface area contributed by atoms with Gasteiger partial charge < -0.3 is 5.73 Å². The molecule has 0 amide bonds. The molecule has 0 radical (unpaired) electrons. The predicted octanol–water partition coefficient (Wildman–Crippen LogP) is 2.10. The Bertz CT molecular complexity index is 478. The average molecular weight is 251 g/mol. The van der Waals surface area contributed by atoms with Crippen molar-refractivity contribution in [2.24, 2.45) is 12.8 Å². The normalized spacial score (nSPS) is 12.6. The Hall–Kier alpha value is -1.39. The second-order valence-electron chi connectivity index (χ2n) is 4.07. The Kier molecular flexibility index (Phi) is 3.76. The summed E-state index contributed by atoms with van der Waals surface area (Å²) in [5.74, 6) is 0. The number of aromatic nitrogens is 3. The maximum atomic E-state index is 6.07. The summed E-state index contributed by atoms with van der Waals surface area (Å²) in [6.07, 6.45) is 7.24. The second-order valence-corrected chi connectivity index (χ2v) is 4.51. The van der Waals surface area contributed by atoms with Crippen LogP contribution in [0, 0.1) is 0 Å². The molecular formula is C12H15ClN4. The first-order valence-corrected chi connectivity index (χ1v) is 5.87. The highest BCUT2D eigenvalue weighted by molar-refractivity contribution is 6.30. The van der Waals surface area contributed by atoms with Crippen LogP contribution in [0.1, 0.15) is 23.7 Å². The quantitative estimate of drug-likeness (QED) is 0.904. The molecular weight excluding hydrogens is 236 g/mol. The van der Waals surface area contributed by atoms with Crippen molar-refractivity contribution in [2.45, 2.75) is 18.9 Å². The van der Waals surface area contributed by atoms with E-state index in [-0.39, 0.29) is 6.04 Å². The molecule has 90 valence electrons. The molecule has 0 aliphatic carbocycles. The molecule has 0 bridgehead atoms. The molecule has 0 aliphatic heterocycles. The average Bonchev–Trinajstić information content (AvgIpc) is 2.73. The fourth-order valence-corrected chi connectivity index (χ4v) is 1.79. The van der Waals surface area contributed by atoms with Crippen LogP contribution in [0.2, 0.25) is 5.02 Å². The second kappa shape index (κ2) is 5.29. The molecule has 4 nitrogen and oxygen atoms in total. The lowest BCUT2D eigenvalue weighted by molar-refractivity contribution is 0.633. The van der Waals surface area contributed by atoms with Gasteiger partial charge in [0.05, 0.1) is 16.9 Å². The van der Waals surface area contributed by atoms with E-state index in [1.54, 1.807) is 10.9 Å². The highest BCUT2D eigenvalue weighted by Gasteiger charge is 2.08. The van der Waals surface area contributed by atoms with Crippen molar-refractivity contribution in [3.8, 4) is 0 Å². The van der Waals surface area contributed by atoms with Crippen LogP contribution < -0.4 is 5.73 Å². The van der Waals surface area contributed by atoms with E-state index in [0.717, 1.165) is 18.5 Å². The third-order valence-corrected chi connectivity index (χ3v) is 2.86. The van der Waals surface area contributed by atoms with E-state index in [1.165, 1.54) is 5.56 Å². The van der Waals surface area contributed by atoms with Gasteiger partial charge in [-0.15, -0.1) is 0 Å². The summed E-state index contributed by atoms with van der Waals surface area (Å²) in [5.41, 5.74) is 8.13. The Balaban J connectivity index is 1.93. The van der Waals surface area contributed by atoms with Gasteiger partial charge in [0.2, 0.25) is 0 Å². The first-order chi connectivity index (χ1) is 8.15. The summed E-state index contributed by atoms with van der Waals surface area (Å²) in [6, 6.07) is 3.62. The third kappa shape index (κ3) is 3.28. The van der Waals surface area contributed by atoms with Crippen molar-refractivity contribution in [2.75, 3.05) is 0 Å². The van der Waals surface area contributed by atoms with E-state index < -0.39 is 0 Å². The molecule has 2 aromatic heterocycles. The van der Waals surface area contributed by atoms with E-state index in [0.29, 0.717) is 5.02 Å². The molecule has 1 unspecified atom stereocenters. The summed E-state index contributed by atoms with van der Waals surface area (Å²) in [7, 11) is 1.91. The van der Waals surface area contributed by atoms with Crippen LogP contribution in [0.25, 0.3) is 0 Å². The van der Waals surface area contributed by atoms with Crippen LogP contribution in [0.5, 0.6) is 0 Å². The Morgan fingerprint density at radius 1 is 1.41 bits per heavy atom. The smallest absolute Gasteiger partial charge is 0.0589 e. The van der Waals surface area contributed by atoms with E-state index in [2.05, 4.69) is 10.1 Å². The summed E-state index contributed by atoms with van der Waals surface area (Å²) >= 11 is 5.78. The van der Waals surface area contributed by atoms with Crippen LogP contribution in [-0.4, -0.2) is 14.8 Å². The van der Waals surface area contributed by atoms with E-state index in [1.807, 2.05) is 31.6 Å². The van der Waals surface area contributed by atoms with Gasteiger partial charge in [0.15, 0.2) is 0 Å². The number of nitrogens with two attached hydrogens (primary N) is 1. The van der Waals surface area contributed by atoms with Gasteiger partial charge >= 0.3 is 0 Å². The lowest BCUT2D eigenvalue weighted by Crippen LogP contribution is -2.12. The highest BCUT2D eigenvalue weighted by Crippen LogP contribution is 2.16. The fraction of sp³-hybridized carbons (Fsp3) is 0.333. The molecule has 0 fully saturated rings. The molecule has 2 N–H and O–H groups in total. The number of hydrogen-bond donors (Lipinski definition) is 1. The monoisotopic (exact) mass is 250 g/mol. The van der Waals surface area contributed by atoms with Gasteiger partial charge in [-0.1, -0.05) is 11.6 Å². The molecule has 0 saturated carbocycles. The molecule has 2 aromatic rings. The molecule has 0 aliphatic rings. The van der Waals surface area contributed by atoms with Crippen LogP contribution in [0.3, 0.4) is 0 Å². The first kappa shape index (κ1) is 12.1. The van der Waals surface area contributed by atoms with Crippen molar-refractivity contribution < 1.29 is 0 Å². The lowest BCUT2D eigenvalue weighted by Gasteiger charge is -2.09. The minimum atomic E-state index is -0.0625. The zero-order valence-electron chi connectivity index (χ0n) is 9.68. The van der Waals surface area contributed by atoms with Crippen molar-refractivity contribution in [1.29, 1.82) is 0 Å². The van der Waals surface area contributed by atoms with Gasteiger partial charge in [-0.2, -0.15) is 5.10 Å². The molecule has 5 heteroatoms. The van der Waals surface area contributed by atoms with E-state index >= 15 is 0 Å². The SMILES string of the molecule is Cn1cc(CCC(N)c2ccc(Cl)cn2)cn1. The van der Waals surface area contributed by atoms with Crippen molar-refractivity contribution in [1.82, 2.24) is 14.8 Å². The largest absolute Gasteiger partial charge is 0.323 e. The van der Waals surface area contributed by atoms with Gasteiger partial charge in [0.25, 0.3) is 0 Å². The van der Waals surface area contributed by atoms with Gasteiger partial charge in [0.1, 0.15) is 0 Å². The predicted molar refractivity (Wildman–Crippen MR) is 67.7 cm³/mol. The zero-order valence-corrected chi connectivity index (χ0v) is 10.4.